The highest BCUT2D eigenvalue weighted by atomic mass is 32.2. The van der Waals surface area contributed by atoms with Gasteiger partial charge in [-0.05, 0) is 31.1 Å². The first-order valence-corrected chi connectivity index (χ1v) is 11.7. The highest BCUT2D eigenvalue weighted by molar-refractivity contribution is 8.00. The monoisotopic (exact) mass is 428 g/mol. The van der Waals surface area contributed by atoms with Crippen molar-refractivity contribution in [2.75, 3.05) is 13.2 Å². The Kier molecular flexibility index (Phi) is 9.11. The Morgan fingerprint density at radius 3 is 2.31 bits per heavy atom. The van der Waals surface area contributed by atoms with E-state index in [-0.39, 0.29) is 29.6 Å². The number of thioether (sulfide) groups is 1. The topological polar surface area (TPSA) is 95.9 Å². The minimum absolute atomic E-state index is 0.129. The molecular weight excluding hydrogens is 392 g/mol. The second kappa shape index (κ2) is 11.1. The normalized spacial score (nSPS) is 24.0. The van der Waals surface area contributed by atoms with Gasteiger partial charge in [-0.1, -0.05) is 47.0 Å². The van der Waals surface area contributed by atoms with Crippen LogP contribution >= 0.6 is 11.8 Å². The van der Waals surface area contributed by atoms with Gasteiger partial charge in [0.05, 0.1) is 6.61 Å². The van der Waals surface area contributed by atoms with Gasteiger partial charge in [0.2, 0.25) is 5.91 Å². The average Bonchev–Trinajstić information content (AvgIpc) is 3.08. The number of ether oxygens (including phenoxy) is 1. The molecule has 0 aromatic heterocycles. The molecule has 2 aliphatic rings. The molecule has 3 atom stereocenters. The van der Waals surface area contributed by atoms with E-state index in [1.54, 1.807) is 0 Å². The number of likely N-dealkylation sites (tertiary alicyclic amines) is 1. The molecule has 0 spiro atoms. The van der Waals surface area contributed by atoms with Crippen LogP contribution in [0.4, 0.5) is 4.79 Å². The van der Waals surface area contributed by atoms with Gasteiger partial charge in [0, 0.05) is 17.0 Å². The van der Waals surface area contributed by atoms with E-state index < -0.39 is 24.1 Å². The number of carbonyl (C=O) groups excluding carboxylic acids is 2. The van der Waals surface area contributed by atoms with E-state index in [1.165, 1.54) is 37.0 Å². The first-order chi connectivity index (χ1) is 13.7. The van der Waals surface area contributed by atoms with Gasteiger partial charge < -0.3 is 20.1 Å². The number of rotatable bonds is 8. The zero-order chi connectivity index (χ0) is 21.6. The van der Waals surface area contributed by atoms with Crippen LogP contribution in [0.25, 0.3) is 0 Å². The van der Waals surface area contributed by atoms with Gasteiger partial charge in [-0.2, -0.15) is 11.8 Å². The Morgan fingerprint density at radius 2 is 1.76 bits per heavy atom. The third-order valence-corrected chi connectivity index (χ3v) is 7.10. The minimum Gasteiger partial charge on any atom is -0.480 e. The van der Waals surface area contributed by atoms with Crippen LogP contribution in [0.15, 0.2) is 0 Å². The summed E-state index contributed by atoms with van der Waals surface area (Å²) in [5.74, 6) is -1.29. The maximum Gasteiger partial charge on any atom is 0.407 e. The summed E-state index contributed by atoms with van der Waals surface area (Å²) in [4.78, 5) is 38.6. The Bertz CT molecular complexity index is 577. The molecule has 2 N–H and O–H groups in total. The van der Waals surface area contributed by atoms with Gasteiger partial charge in [0.1, 0.15) is 12.1 Å². The molecule has 1 aliphatic heterocycles. The molecule has 166 valence electrons. The second-order valence-electron chi connectivity index (χ2n) is 8.96. The third kappa shape index (κ3) is 7.08. The van der Waals surface area contributed by atoms with E-state index in [2.05, 4.69) is 5.32 Å². The van der Waals surface area contributed by atoms with Gasteiger partial charge in [0.15, 0.2) is 0 Å². The van der Waals surface area contributed by atoms with E-state index in [0.717, 1.165) is 0 Å². The predicted molar refractivity (Wildman–Crippen MR) is 114 cm³/mol. The standard InChI is InChI=1S/C21H36N2O5S/c1-13(2)12-28-21(27)22-18(14(3)4)19(24)23-11-16(10-17(23)20(25)26)29-15-8-6-5-7-9-15/h13-18H,5-12H2,1-4H3,(H,22,27)(H,25,26). The van der Waals surface area contributed by atoms with Crippen molar-refractivity contribution in [2.45, 2.75) is 88.8 Å². The number of alkyl carbamates (subject to hydrolysis) is 1. The van der Waals surface area contributed by atoms with Gasteiger partial charge >= 0.3 is 12.1 Å². The molecule has 0 bridgehead atoms. The van der Waals surface area contributed by atoms with Gasteiger partial charge in [-0.3, -0.25) is 4.79 Å². The maximum atomic E-state index is 13.2. The predicted octanol–water partition coefficient (Wildman–Crippen LogP) is 3.51. The summed E-state index contributed by atoms with van der Waals surface area (Å²) in [6.07, 6.45) is 5.91. The Balaban J connectivity index is 2.03. The largest absolute Gasteiger partial charge is 0.480 e. The van der Waals surface area contributed by atoms with E-state index in [1.807, 2.05) is 39.5 Å². The Hall–Kier alpha value is -1.44. The summed E-state index contributed by atoms with van der Waals surface area (Å²) in [5, 5.41) is 13.0. The highest BCUT2D eigenvalue weighted by Crippen LogP contribution is 2.37. The number of carboxylic acids is 1. The molecule has 0 radical (unpaired) electrons. The summed E-state index contributed by atoms with van der Waals surface area (Å²) in [6.45, 7) is 8.24. The molecule has 1 saturated heterocycles. The zero-order valence-electron chi connectivity index (χ0n) is 18.1. The van der Waals surface area contributed by atoms with Crippen molar-refractivity contribution in [1.82, 2.24) is 10.2 Å². The molecular formula is C21H36N2O5S. The maximum absolute atomic E-state index is 13.2. The lowest BCUT2D eigenvalue weighted by Crippen LogP contribution is -2.54. The van der Waals surface area contributed by atoms with Gasteiger partial charge in [-0.15, -0.1) is 0 Å². The van der Waals surface area contributed by atoms with Crippen LogP contribution < -0.4 is 5.32 Å². The number of hydrogen-bond acceptors (Lipinski definition) is 5. The lowest BCUT2D eigenvalue weighted by molar-refractivity contribution is -0.149. The summed E-state index contributed by atoms with van der Waals surface area (Å²) in [5.41, 5.74) is 0. The quantitative estimate of drug-likeness (QED) is 0.614. The molecule has 3 unspecified atom stereocenters. The van der Waals surface area contributed by atoms with Crippen molar-refractivity contribution in [2.24, 2.45) is 11.8 Å². The number of hydrogen-bond donors (Lipinski definition) is 2. The van der Waals surface area contributed by atoms with E-state index in [9.17, 15) is 19.5 Å². The molecule has 7 nitrogen and oxygen atoms in total. The van der Waals surface area contributed by atoms with Gasteiger partial charge in [-0.25, -0.2) is 9.59 Å². The fourth-order valence-electron chi connectivity index (χ4n) is 3.95. The van der Waals surface area contributed by atoms with Crippen LogP contribution in [0.5, 0.6) is 0 Å². The number of aliphatic carboxylic acids is 1. The molecule has 2 rings (SSSR count). The van der Waals surface area contributed by atoms with E-state index >= 15 is 0 Å². The van der Waals surface area contributed by atoms with Crippen molar-refractivity contribution in [1.29, 1.82) is 0 Å². The van der Waals surface area contributed by atoms with Crippen molar-refractivity contribution < 1.29 is 24.2 Å². The number of amides is 2. The molecule has 2 fully saturated rings. The highest BCUT2D eigenvalue weighted by Gasteiger charge is 2.43. The molecule has 0 aromatic carbocycles. The Morgan fingerprint density at radius 1 is 1.10 bits per heavy atom. The lowest BCUT2D eigenvalue weighted by Gasteiger charge is -2.29. The summed E-state index contributed by atoms with van der Waals surface area (Å²) in [6, 6.07) is -1.63. The van der Waals surface area contributed by atoms with Crippen molar-refractivity contribution in [3.8, 4) is 0 Å². The van der Waals surface area contributed by atoms with Crippen LogP contribution in [-0.2, 0) is 14.3 Å². The summed E-state index contributed by atoms with van der Waals surface area (Å²) in [7, 11) is 0. The molecule has 8 heteroatoms. The first kappa shape index (κ1) is 23.8. The van der Waals surface area contributed by atoms with Crippen LogP contribution in [0.3, 0.4) is 0 Å². The fourth-order valence-corrected chi connectivity index (χ4v) is 5.64. The third-order valence-electron chi connectivity index (χ3n) is 5.52. The summed E-state index contributed by atoms with van der Waals surface area (Å²) >= 11 is 1.85. The van der Waals surface area contributed by atoms with Crippen LogP contribution in [0.1, 0.15) is 66.2 Å². The minimum atomic E-state index is -0.977. The molecule has 29 heavy (non-hydrogen) atoms. The number of carbonyl (C=O) groups is 3. The first-order valence-electron chi connectivity index (χ1n) is 10.8. The summed E-state index contributed by atoms with van der Waals surface area (Å²) < 4.78 is 5.15. The number of nitrogens with zero attached hydrogens (tertiary/aromatic N) is 1. The molecule has 1 saturated carbocycles. The van der Waals surface area contributed by atoms with Crippen molar-refractivity contribution in [3.05, 3.63) is 0 Å². The van der Waals surface area contributed by atoms with Crippen LogP contribution in [0.2, 0.25) is 0 Å². The zero-order valence-corrected chi connectivity index (χ0v) is 18.9. The SMILES string of the molecule is CC(C)COC(=O)NC(C(=O)N1CC(SC2CCCCC2)CC1C(=O)O)C(C)C. The molecule has 0 aromatic rings. The molecule has 1 aliphatic carbocycles. The van der Waals surface area contributed by atoms with Crippen LogP contribution in [0, 0.1) is 11.8 Å². The van der Waals surface area contributed by atoms with E-state index in [0.29, 0.717) is 18.2 Å². The number of nitrogens with one attached hydrogen (secondary N) is 1. The van der Waals surface area contributed by atoms with Crippen LogP contribution in [-0.4, -0.2) is 63.7 Å². The Labute approximate surface area is 178 Å². The van der Waals surface area contributed by atoms with Crippen molar-refractivity contribution >= 4 is 29.7 Å². The fraction of sp³-hybridized carbons (Fsp3) is 0.857. The van der Waals surface area contributed by atoms with Gasteiger partial charge in [0.25, 0.3) is 0 Å². The van der Waals surface area contributed by atoms with E-state index in [4.69, 9.17) is 4.74 Å². The smallest absolute Gasteiger partial charge is 0.407 e. The lowest BCUT2D eigenvalue weighted by atomic mass is 10.0. The van der Waals surface area contributed by atoms with Crippen molar-refractivity contribution in [3.63, 3.8) is 0 Å². The average molecular weight is 429 g/mol. The number of carboxylic acid groups (broad SMARTS) is 1. The molecule has 1 heterocycles. The second-order valence-corrected chi connectivity index (χ2v) is 10.6. The molecule has 2 amide bonds.